The first kappa shape index (κ1) is 17.9. The molecule has 1 saturated carbocycles. The molecule has 2 aromatic carbocycles. The SMILES string of the molecule is CCN(CC1CC12CCN(Cc1ccccc1)CC2)c1ccc(Cl)cc1. The van der Waals surface area contributed by atoms with E-state index in [0.717, 1.165) is 24.0 Å². The predicted molar refractivity (Wildman–Crippen MR) is 111 cm³/mol. The second-order valence-corrected chi connectivity index (χ2v) is 8.48. The van der Waals surface area contributed by atoms with E-state index in [-0.39, 0.29) is 0 Å². The van der Waals surface area contributed by atoms with E-state index in [9.17, 15) is 0 Å². The van der Waals surface area contributed by atoms with Crippen molar-refractivity contribution in [2.75, 3.05) is 31.1 Å². The highest BCUT2D eigenvalue weighted by molar-refractivity contribution is 6.30. The molecule has 138 valence electrons. The monoisotopic (exact) mass is 368 g/mol. The summed E-state index contributed by atoms with van der Waals surface area (Å²) >= 11 is 6.04. The van der Waals surface area contributed by atoms with Crippen LogP contribution in [0, 0.1) is 11.3 Å². The van der Waals surface area contributed by atoms with Crippen LogP contribution in [-0.2, 0) is 6.54 Å². The summed E-state index contributed by atoms with van der Waals surface area (Å²) in [6.07, 6.45) is 4.14. The first-order valence-corrected chi connectivity index (χ1v) is 10.3. The fraction of sp³-hybridized carbons (Fsp3) is 0.478. The summed E-state index contributed by atoms with van der Waals surface area (Å²) in [7, 11) is 0. The number of hydrogen-bond donors (Lipinski definition) is 0. The largest absolute Gasteiger partial charge is 0.372 e. The van der Waals surface area contributed by atoms with Crippen LogP contribution in [0.25, 0.3) is 0 Å². The molecular formula is C23H29ClN2. The molecule has 1 saturated heterocycles. The maximum absolute atomic E-state index is 6.04. The van der Waals surface area contributed by atoms with Crippen LogP contribution in [0.4, 0.5) is 5.69 Å². The van der Waals surface area contributed by atoms with Gasteiger partial charge in [-0.1, -0.05) is 41.9 Å². The third-order valence-electron chi connectivity index (χ3n) is 6.47. The van der Waals surface area contributed by atoms with E-state index < -0.39 is 0 Å². The second-order valence-electron chi connectivity index (χ2n) is 8.04. The van der Waals surface area contributed by atoms with Crippen molar-refractivity contribution in [2.45, 2.75) is 32.7 Å². The van der Waals surface area contributed by atoms with E-state index in [4.69, 9.17) is 11.6 Å². The van der Waals surface area contributed by atoms with Gasteiger partial charge in [0.15, 0.2) is 0 Å². The minimum Gasteiger partial charge on any atom is -0.372 e. The summed E-state index contributed by atoms with van der Waals surface area (Å²) < 4.78 is 0. The molecule has 1 aliphatic carbocycles. The van der Waals surface area contributed by atoms with Gasteiger partial charge in [-0.15, -0.1) is 0 Å². The third-order valence-corrected chi connectivity index (χ3v) is 6.73. The summed E-state index contributed by atoms with van der Waals surface area (Å²) in [5.74, 6) is 0.858. The van der Waals surface area contributed by atoms with Gasteiger partial charge >= 0.3 is 0 Å². The lowest BCUT2D eigenvalue weighted by molar-refractivity contribution is 0.156. The number of piperidine rings is 1. The van der Waals surface area contributed by atoms with Crippen LogP contribution in [0.2, 0.25) is 5.02 Å². The molecule has 3 heteroatoms. The van der Waals surface area contributed by atoms with Crippen LogP contribution < -0.4 is 4.90 Å². The molecule has 1 atom stereocenters. The van der Waals surface area contributed by atoms with Crippen LogP contribution >= 0.6 is 11.6 Å². The molecule has 1 spiro atoms. The summed E-state index contributed by atoms with van der Waals surface area (Å²) in [6, 6.07) is 19.2. The normalized spacial score (nSPS) is 21.7. The lowest BCUT2D eigenvalue weighted by Gasteiger charge is -2.34. The van der Waals surface area contributed by atoms with E-state index >= 15 is 0 Å². The Morgan fingerprint density at radius 1 is 1.04 bits per heavy atom. The molecule has 0 radical (unpaired) electrons. The molecule has 0 aromatic heterocycles. The van der Waals surface area contributed by atoms with Gasteiger partial charge < -0.3 is 4.90 Å². The fourth-order valence-electron chi connectivity index (χ4n) is 4.64. The maximum Gasteiger partial charge on any atom is 0.0407 e. The zero-order valence-electron chi connectivity index (χ0n) is 15.7. The molecule has 2 aromatic rings. The molecule has 4 rings (SSSR count). The summed E-state index contributed by atoms with van der Waals surface area (Å²) in [5.41, 5.74) is 3.36. The first-order valence-electron chi connectivity index (χ1n) is 9.95. The van der Waals surface area contributed by atoms with Crippen molar-refractivity contribution in [1.82, 2.24) is 4.90 Å². The van der Waals surface area contributed by atoms with Crippen LogP contribution in [-0.4, -0.2) is 31.1 Å². The lowest BCUT2D eigenvalue weighted by Crippen LogP contribution is -2.36. The van der Waals surface area contributed by atoms with Crippen LogP contribution in [0.3, 0.4) is 0 Å². The van der Waals surface area contributed by atoms with Gasteiger partial charge in [-0.25, -0.2) is 0 Å². The number of rotatable bonds is 6. The molecular weight excluding hydrogens is 340 g/mol. The van der Waals surface area contributed by atoms with Crippen molar-refractivity contribution >= 4 is 17.3 Å². The van der Waals surface area contributed by atoms with Crippen molar-refractivity contribution in [1.29, 1.82) is 0 Å². The van der Waals surface area contributed by atoms with Gasteiger partial charge in [0.1, 0.15) is 0 Å². The van der Waals surface area contributed by atoms with Gasteiger partial charge in [0.05, 0.1) is 0 Å². The Balaban J connectivity index is 1.30. The molecule has 1 heterocycles. The zero-order chi connectivity index (χ0) is 18.0. The molecule has 1 aliphatic heterocycles. The van der Waals surface area contributed by atoms with Gasteiger partial charge in [-0.3, -0.25) is 4.90 Å². The van der Waals surface area contributed by atoms with E-state index in [1.165, 1.54) is 50.1 Å². The van der Waals surface area contributed by atoms with Crippen molar-refractivity contribution in [2.24, 2.45) is 11.3 Å². The summed E-state index contributed by atoms with van der Waals surface area (Å²) in [6.45, 7) is 8.11. The highest BCUT2D eigenvalue weighted by Crippen LogP contribution is 2.59. The second kappa shape index (κ2) is 7.62. The highest BCUT2D eigenvalue weighted by atomic mass is 35.5. The fourth-order valence-corrected chi connectivity index (χ4v) is 4.76. The Kier molecular flexibility index (Phi) is 5.24. The Labute approximate surface area is 162 Å². The number of likely N-dealkylation sites (tertiary alicyclic amines) is 1. The Morgan fingerprint density at radius 3 is 2.38 bits per heavy atom. The average molecular weight is 369 g/mol. The Morgan fingerprint density at radius 2 is 1.73 bits per heavy atom. The van der Waals surface area contributed by atoms with Gasteiger partial charge in [-0.2, -0.15) is 0 Å². The van der Waals surface area contributed by atoms with Crippen molar-refractivity contribution in [3.8, 4) is 0 Å². The smallest absolute Gasteiger partial charge is 0.0407 e. The van der Waals surface area contributed by atoms with Gasteiger partial charge in [0, 0.05) is 30.3 Å². The third kappa shape index (κ3) is 3.92. The molecule has 2 aliphatic rings. The Bertz CT molecular complexity index is 705. The average Bonchev–Trinajstić information content (AvgIpc) is 3.35. The first-order chi connectivity index (χ1) is 12.7. The van der Waals surface area contributed by atoms with E-state index in [2.05, 4.69) is 59.2 Å². The highest BCUT2D eigenvalue weighted by Gasteiger charge is 2.54. The number of anilines is 1. The quantitative estimate of drug-likeness (QED) is 0.667. The molecule has 2 fully saturated rings. The van der Waals surface area contributed by atoms with Crippen molar-refractivity contribution in [3.63, 3.8) is 0 Å². The predicted octanol–water partition coefficient (Wildman–Crippen LogP) is 5.47. The number of hydrogen-bond acceptors (Lipinski definition) is 2. The van der Waals surface area contributed by atoms with Crippen molar-refractivity contribution in [3.05, 3.63) is 65.2 Å². The maximum atomic E-state index is 6.04. The van der Waals surface area contributed by atoms with E-state index in [1.54, 1.807) is 0 Å². The molecule has 0 bridgehead atoms. The topological polar surface area (TPSA) is 6.48 Å². The zero-order valence-corrected chi connectivity index (χ0v) is 16.5. The number of benzene rings is 2. The van der Waals surface area contributed by atoms with Crippen LogP contribution in [0.1, 0.15) is 31.7 Å². The Hall–Kier alpha value is -1.51. The van der Waals surface area contributed by atoms with Gasteiger partial charge in [0.2, 0.25) is 0 Å². The summed E-state index contributed by atoms with van der Waals surface area (Å²) in [5, 5.41) is 0.818. The minimum atomic E-state index is 0.618. The summed E-state index contributed by atoms with van der Waals surface area (Å²) in [4.78, 5) is 5.15. The molecule has 2 nitrogen and oxygen atoms in total. The molecule has 26 heavy (non-hydrogen) atoms. The van der Waals surface area contributed by atoms with Crippen LogP contribution in [0.15, 0.2) is 54.6 Å². The molecule has 0 N–H and O–H groups in total. The number of nitrogens with zero attached hydrogens (tertiary/aromatic N) is 2. The van der Waals surface area contributed by atoms with Crippen molar-refractivity contribution < 1.29 is 0 Å². The van der Waals surface area contributed by atoms with Gasteiger partial charge in [0.25, 0.3) is 0 Å². The lowest BCUT2D eigenvalue weighted by atomic mass is 9.90. The van der Waals surface area contributed by atoms with E-state index in [0.29, 0.717) is 5.41 Å². The van der Waals surface area contributed by atoms with E-state index in [1.807, 2.05) is 12.1 Å². The molecule has 1 unspecified atom stereocenters. The molecule has 0 amide bonds. The van der Waals surface area contributed by atoms with Crippen LogP contribution in [0.5, 0.6) is 0 Å². The standard InChI is InChI=1S/C23H29ClN2/c1-2-26(22-10-8-21(24)9-11-22)18-20-16-23(20)12-14-25(15-13-23)17-19-6-4-3-5-7-19/h3-11,20H,2,12-18H2,1H3. The van der Waals surface area contributed by atoms with Gasteiger partial charge in [-0.05, 0) is 80.4 Å². The minimum absolute atomic E-state index is 0.618. The number of halogens is 1.